The van der Waals surface area contributed by atoms with Crippen LogP contribution < -0.4 is 22.1 Å². The van der Waals surface area contributed by atoms with E-state index in [0.717, 1.165) is 49.4 Å². The summed E-state index contributed by atoms with van der Waals surface area (Å²) in [7, 11) is 0. The number of nitrogens with zero attached hydrogens (tertiary/aromatic N) is 6. The second-order valence-electron chi connectivity index (χ2n) is 12.4. The molecule has 0 unspecified atom stereocenters. The Balaban J connectivity index is 0.974. The van der Waals surface area contributed by atoms with Crippen molar-refractivity contribution in [1.29, 1.82) is 0 Å². The van der Waals surface area contributed by atoms with E-state index >= 15 is 0 Å². The summed E-state index contributed by atoms with van der Waals surface area (Å²) >= 11 is 0. The van der Waals surface area contributed by atoms with Crippen LogP contribution in [0.15, 0.2) is 93.8 Å². The molecule has 6 rings (SSSR count). The van der Waals surface area contributed by atoms with Crippen molar-refractivity contribution in [2.45, 2.75) is 26.4 Å². The zero-order valence-corrected chi connectivity index (χ0v) is 28.2. The predicted octanol–water partition coefficient (Wildman–Crippen LogP) is 3.28. The van der Waals surface area contributed by atoms with Crippen molar-refractivity contribution < 1.29 is 19.1 Å². The minimum Gasteiger partial charge on any atom is -0.507 e. The molecule has 1 saturated heterocycles. The van der Waals surface area contributed by atoms with Gasteiger partial charge in [-0.15, -0.1) is 11.7 Å². The molecule has 262 valence electrons. The van der Waals surface area contributed by atoms with Gasteiger partial charge >= 0.3 is 5.63 Å². The van der Waals surface area contributed by atoms with Crippen LogP contribution in [0.5, 0.6) is 5.75 Å². The Kier molecular flexibility index (Phi) is 10.6. The average molecular weight is 690 g/mol. The van der Waals surface area contributed by atoms with Gasteiger partial charge < -0.3 is 20.6 Å². The standard InChI is InChI=1S/C37H39N9O5/c1-3-6-27-9-5-10-28(35(27)48)19-39-42-33(47)23-45-15-13-44(14-16-45)20-25-7-4-8-26(17-25)21-46-22-31(41-43-46)36(49)40-34-24(2)30-12-11-29(38)18-32(30)51-37(34)50/h3-5,7-12,17-19,22,48H,1,6,13-16,20-21,23,38H2,2H3,(H,40,49)(H,42,47)/b39-19+. The third kappa shape index (κ3) is 8.55. The Labute approximate surface area is 293 Å². The summed E-state index contributed by atoms with van der Waals surface area (Å²) in [5.41, 5.74) is 12.6. The van der Waals surface area contributed by atoms with Crippen molar-refractivity contribution in [3.8, 4) is 5.75 Å². The largest absolute Gasteiger partial charge is 0.507 e. The summed E-state index contributed by atoms with van der Waals surface area (Å²) in [6, 6.07) is 18.5. The van der Waals surface area contributed by atoms with Crippen molar-refractivity contribution in [3.05, 3.63) is 123 Å². The number of nitrogens with two attached hydrogens (primary N) is 1. The first-order valence-electron chi connectivity index (χ1n) is 16.5. The minimum atomic E-state index is -0.680. The number of piperazine rings is 1. The molecule has 3 heterocycles. The van der Waals surface area contributed by atoms with Crippen molar-refractivity contribution in [3.63, 3.8) is 0 Å². The molecule has 1 aliphatic heterocycles. The molecule has 51 heavy (non-hydrogen) atoms. The first kappa shape index (κ1) is 34.7. The molecule has 0 atom stereocenters. The highest BCUT2D eigenvalue weighted by Gasteiger charge is 2.20. The molecule has 0 aliphatic carbocycles. The molecule has 0 radical (unpaired) electrons. The Morgan fingerprint density at radius 3 is 2.57 bits per heavy atom. The number of para-hydroxylation sites is 1. The number of aromatic nitrogens is 3. The maximum absolute atomic E-state index is 13.0. The SMILES string of the molecule is C=CCc1cccc(/C=N/NC(=O)CN2CCN(Cc3cccc(Cn4cc(C(=O)Nc5c(C)c6ccc(N)cc6oc5=O)nn4)c3)CC2)c1O. The third-order valence-corrected chi connectivity index (χ3v) is 8.68. The van der Waals surface area contributed by atoms with Gasteiger partial charge in [0, 0.05) is 55.4 Å². The van der Waals surface area contributed by atoms with Crippen LogP contribution in [0.4, 0.5) is 11.4 Å². The average Bonchev–Trinajstić information content (AvgIpc) is 3.58. The fraction of sp³-hybridized carbons (Fsp3) is 0.243. The smallest absolute Gasteiger partial charge is 0.360 e. The van der Waals surface area contributed by atoms with Gasteiger partial charge in [0.15, 0.2) is 5.69 Å². The van der Waals surface area contributed by atoms with Crippen LogP contribution in [0.3, 0.4) is 0 Å². The van der Waals surface area contributed by atoms with Gasteiger partial charge in [0.05, 0.1) is 25.5 Å². The molecule has 2 aromatic heterocycles. The summed E-state index contributed by atoms with van der Waals surface area (Å²) in [4.78, 5) is 42.5. The lowest BCUT2D eigenvalue weighted by atomic mass is 10.1. The van der Waals surface area contributed by atoms with E-state index < -0.39 is 11.5 Å². The van der Waals surface area contributed by atoms with E-state index in [2.05, 4.69) is 54.7 Å². The fourth-order valence-corrected chi connectivity index (χ4v) is 6.00. The quantitative estimate of drug-likeness (QED) is 0.0499. The maximum atomic E-state index is 13.0. The van der Waals surface area contributed by atoms with Crippen molar-refractivity contribution >= 4 is 40.4 Å². The number of amides is 2. The monoisotopic (exact) mass is 689 g/mol. The number of carbonyl (C=O) groups is 2. The summed E-state index contributed by atoms with van der Waals surface area (Å²) < 4.78 is 6.94. The van der Waals surface area contributed by atoms with E-state index in [-0.39, 0.29) is 29.6 Å². The van der Waals surface area contributed by atoms with Gasteiger partial charge in [-0.3, -0.25) is 19.4 Å². The van der Waals surface area contributed by atoms with Gasteiger partial charge in [-0.25, -0.2) is 14.9 Å². The number of fused-ring (bicyclic) bond motifs is 1. The number of hydrogen-bond donors (Lipinski definition) is 4. The number of nitrogen functional groups attached to an aromatic ring is 1. The zero-order chi connectivity index (χ0) is 35.9. The number of aryl methyl sites for hydroxylation is 1. The first-order chi connectivity index (χ1) is 24.7. The van der Waals surface area contributed by atoms with E-state index in [1.807, 2.05) is 24.3 Å². The Bertz CT molecular complexity index is 2170. The highest BCUT2D eigenvalue weighted by molar-refractivity contribution is 6.04. The van der Waals surface area contributed by atoms with Crippen LogP contribution in [-0.2, 0) is 24.3 Å². The number of anilines is 2. The van der Waals surface area contributed by atoms with Gasteiger partial charge in [-0.05, 0) is 53.8 Å². The predicted molar refractivity (Wildman–Crippen MR) is 195 cm³/mol. The van der Waals surface area contributed by atoms with Crippen LogP contribution in [0.25, 0.3) is 11.0 Å². The van der Waals surface area contributed by atoms with E-state index in [9.17, 15) is 19.5 Å². The van der Waals surface area contributed by atoms with E-state index in [4.69, 9.17) is 10.2 Å². The summed E-state index contributed by atoms with van der Waals surface area (Å²) in [5, 5.41) is 25.8. The molecule has 1 aliphatic rings. The molecular weight excluding hydrogens is 650 g/mol. The molecule has 0 bridgehead atoms. The number of hydrazone groups is 1. The molecule has 0 spiro atoms. The van der Waals surface area contributed by atoms with Crippen LogP contribution in [0.1, 0.15) is 38.3 Å². The number of carbonyl (C=O) groups excluding carboxylic acids is 2. The number of benzene rings is 3. The molecule has 14 nitrogen and oxygen atoms in total. The molecular formula is C37H39N9O5. The summed E-state index contributed by atoms with van der Waals surface area (Å²) in [6.45, 7) is 9.88. The lowest BCUT2D eigenvalue weighted by Gasteiger charge is -2.34. The van der Waals surface area contributed by atoms with Crippen molar-refractivity contribution in [2.75, 3.05) is 43.8 Å². The Morgan fingerprint density at radius 1 is 1.04 bits per heavy atom. The van der Waals surface area contributed by atoms with Gasteiger partial charge in [0.2, 0.25) is 0 Å². The molecule has 2 amide bonds. The molecule has 3 aromatic carbocycles. The minimum absolute atomic E-state index is 0.0387. The molecule has 0 saturated carbocycles. The lowest BCUT2D eigenvalue weighted by Crippen LogP contribution is -2.48. The van der Waals surface area contributed by atoms with E-state index in [1.165, 1.54) is 12.4 Å². The highest BCUT2D eigenvalue weighted by atomic mass is 16.4. The third-order valence-electron chi connectivity index (χ3n) is 8.68. The number of rotatable bonds is 12. The Hall–Kier alpha value is -6.12. The van der Waals surface area contributed by atoms with Crippen LogP contribution in [-0.4, -0.2) is 80.7 Å². The zero-order valence-electron chi connectivity index (χ0n) is 28.2. The number of allylic oxidation sites excluding steroid dienone is 1. The molecule has 14 heteroatoms. The second kappa shape index (κ2) is 15.6. The van der Waals surface area contributed by atoms with Crippen LogP contribution >= 0.6 is 0 Å². The molecule has 1 fully saturated rings. The number of aromatic hydroxyl groups is 1. The topological polar surface area (TPSA) is 184 Å². The van der Waals surface area contributed by atoms with Gasteiger partial charge in [-0.1, -0.05) is 47.7 Å². The normalized spacial score (nSPS) is 13.8. The van der Waals surface area contributed by atoms with Crippen molar-refractivity contribution in [2.24, 2.45) is 5.10 Å². The number of nitrogens with one attached hydrogen (secondary N) is 2. The first-order valence-corrected chi connectivity index (χ1v) is 16.5. The van der Waals surface area contributed by atoms with Gasteiger partial charge in [0.1, 0.15) is 17.0 Å². The van der Waals surface area contributed by atoms with Crippen LogP contribution in [0.2, 0.25) is 0 Å². The van der Waals surface area contributed by atoms with E-state index in [0.29, 0.717) is 40.7 Å². The highest BCUT2D eigenvalue weighted by Crippen LogP contribution is 2.25. The number of phenols is 1. The fourth-order valence-electron chi connectivity index (χ4n) is 6.00. The van der Waals surface area contributed by atoms with Gasteiger partial charge in [-0.2, -0.15) is 5.10 Å². The summed E-state index contributed by atoms with van der Waals surface area (Å²) in [5.74, 6) is -0.666. The molecule has 5 aromatic rings. The van der Waals surface area contributed by atoms with Crippen molar-refractivity contribution in [1.82, 2.24) is 30.2 Å². The van der Waals surface area contributed by atoms with Crippen LogP contribution in [0, 0.1) is 6.92 Å². The molecule has 5 N–H and O–H groups in total. The maximum Gasteiger partial charge on any atom is 0.360 e. The number of phenolic OH excluding ortho intramolecular Hbond substituents is 1. The Morgan fingerprint density at radius 2 is 1.78 bits per heavy atom. The van der Waals surface area contributed by atoms with Gasteiger partial charge in [0.25, 0.3) is 11.8 Å². The summed E-state index contributed by atoms with van der Waals surface area (Å²) in [6.07, 6.45) is 5.23. The van der Waals surface area contributed by atoms with E-state index in [1.54, 1.807) is 41.9 Å². The lowest BCUT2D eigenvalue weighted by molar-refractivity contribution is -0.122. The number of hydrogen-bond acceptors (Lipinski definition) is 11. The second-order valence-corrected chi connectivity index (χ2v) is 12.4.